The molecule has 0 unspecified atom stereocenters. The fourth-order valence-corrected chi connectivity index (χ4v) is 8.34. The summed E-state index contributed by atoms with van der Waals surface area (Å²) in [6.45, 7) is 7.80. The summed E-state index contributed by atoms with van der Waals surface area (Å²) in [5.41, 5.74) is 14.3. The number of rotatable bonds is 7. The first kappa shape index (κ1) is 33.8. The minimum absolute atomic E-state index is 0.557. The lowest BCUT2D eigenvalue weighted by Crippen LogP contribution is -2.28. The van der Waals surface area contributed by atoms with Gasteiger partial charge in [-0.3, -0.25) is 0 Å². The molecule has 0 saturated carbocycles. The first-order chi connectivity index (χ1) is 28.2. The van der Waals surface area contributed by atoms with E-state index in [-0.39, 0.29) is 0 Å². The Kier molecular flexibility index (Phi) is 8.39. The van der Waals surface area contributed by atoms with Crippen molar-refractivity contribution in [3.8, 4) is 67.5 Å². The Morgan fingerprint density at radius 3 is 1.25 bits per heavy atom. The Bertz CT molecular complexity index is 2880. The van der Waals surface area contributed by atoms with Crippen molar-refractivity contribution in [2.24, 2.45) is 0 Å². The molecule has 0 aliphatic heterocycles. The van der Waals surface area contributed by atoms with Crippen LogP contribution in [0.3, 0.4) is 0 Å². The number of hydrogen-bond donors (Lipinski definition) is 0. The molecule has 8 aromatic carbocycles. The molecule has 0 N–H and O–H groups in total. The smallest absolute Gasteiger partial charge is 0.187 e. The van der Waals surface area contributed by atoms with Gasteiger partial charge in [-0.15, -0.1) is 0 Å². The van der Waals surface area contributed by atoms with Gasteiger partial charge in [0.2, 0.25) is 0 Å². The van der Waals surface area contributed by atoms with Crippen LogP contribution in [0.15, 0.2) is 206 Å². The Morgan fingerprint density at radius 1 is 0.333 bits per heavy atom. The van der Waals surface area contributed by atoms with E-state index in [0.29, 0.717) is 23.2 Å². The third kappa shape index (κ3) is 5.90. The maximum absolute atomic E-state index is 7.80. The van der Waals surface area contributed by atoms with Crippen molar-refractivity contribution in [2.45, 2.75) is 5.41 Å². The first-order valence-electron chi connectivity index (χ1n) is 19.1. The molecule has 4 nitrogen and oxygen atoms in total. The molecule has 4 heteroatoms. The summed E-state index contributed by atoms with van der Waals surface area (Å²) >= 11 is 0. The van der Waals surface area contributed by atoms with E-state index in [4.69, 9.17) is 21.5 Å². The number of hydrogen-bond acceptors (Lipinski definition) is 3. The largest absolute Gasteiger partial charge is 0.238 e. The fourth-order valence-electron chi connectivity index (χ4n) is 8.34. The van der Waals surface area contributed by atoms with Gasteiger partial charge >= 0.3 is 0 Å². The van der Waals surface area contributed by atoms with Crippen LogP contribution in [0.5, 0.6) is 0 Å². The fraction of sp³-hybridized carbons (Fsp3) is 0.0189. The highest BCUT2D eigenvalue weighted by Crippen LogP contribution is 2.57. The van der Waals surface area contributed by atoms with Crippen LogP contribution in [-0.2, 0) is 5.41 Å². The van der Waals surface area contributed by atoms with Gasteiger partial charge in [0.15, 0.2) is 23.2 Å². The van der Waals surface area contributed by atoms with Crippen molar-refractivity contribution in [1.82, 2.24) is 15.0 Å². The second-order valence-corrected chi connectivity index (χ2v) is 14.3. The highest BCUT2D eigenvalue weighted by atomic mass is 15.0. The molecule has 0 fully saturated rings. The maximum Gasteiger partial charge on any atom is 0.187 e. The lowest BCUT2D eigenvalue weighted by molar-refractivity contribution is 0.769. The zero-order valence-corrected chi connectivity index (χ0v) is 30.9. The topological polar surface area (TPSA) is 43.0 Å². The molecule has 0 spiro atoms. The summed E-state index contributed by atoms with van der Waals surface area (Å²) in [5.74, 6) is 1.87. The van der Waals surface area contributed by atoms with E-state index in [9.17, 15) is 0 Å². The van der Waals surface area contributed by atoms with Gasteiger partial charge < -0.3 is 0 Å². The van der Waals surface area contributed by atoms with Crippen LogP contribution in [-0.4, -0.2) is 15.0 Å². The molecule has 1 aliphatic carbocycles. The van der Waals surface area contributed by atoms with E-state index in [1.165, 1.54) is 27.8 Å². The zero-order valence-electron chi connectivity index (χ0n) is 30.9. The third-order valence-electron chi connectivity index (χ3n) is 11.1. The second-order valence-electron chi connectivity index (χ2n) is 14.3. The molecule has 57 heavy (non-hydrogen) atoms. The molecule has 10 rings (SSSR count). The standard InChI is InChI=1S/C53H34N4/c1-54-45-31-33-48-47(35-45)46-32-30-42(34-49(46)53(48,43-18-10-4-11-19-43)44-20-12-5-13-21-44)38-24-28-41(29-25-38)52-56-50(39-16-8-3-9-17-39)55-51(57-52)40-26-22-37(23-27-40)36-14-6-2-7-15-36/h2-35H. The Balaban J connectivity index is 1.07. The molecular formula is C53H34N4. The second kappa shape index (κ2) is 14.2. The Hall–Kier alpha value is -7.74. The molecule has 266 valence electrons. The average molecular weight is 727 g/mol. The Morgan fingerprint density at radius 2 is 0.737 bits per heavy atom. The summed E-state index contributed by atoms with van der Waals surface area (Å²) in [4.78, 5) is 18.8. The van der Waals surface area contributed by atoms with Gasteiger partial charge in [-0.2, -0.15) is 0 Å². The summed E-state index contributed by atoms with van der Waals surface area (Å²) in [7, 11) is 0. The highest BCUT2D eigenvalue weighted by molar-refractivity contribution is 5.90. The van der Waals surface area contributed by atoms with E-state index in [2.05, 4.69) is 163 Å². The van der Waals surface area contributed by atoms with E-state index >= 15 is 0 Å². The minimum atomic E-state index is -0.557. The molecule has 0 radical (unpaired) electrons. The lowest BCUT2D eigenvalue weighted by atomic mass is 9.67. The molecule has 1 aromatic heterocycles. The van der Waals surface area contributed by atoms with Crippen molar-refractivity contribution < 1.29 is 0 Å². The number of benzene rings is 8. The van der Waals surface area contributed by atoms with Crippen molar-refractivity contribution in [2.75, 3.05) is 0 Å². The number of nitrogens with zero attached hydrogens (tertiary/aromatic N) is 4. The van der Waals surface area contributed by atoms with Crippen LogP contribution in [0.25, 0.3) is 72.4 Å². The molecule has 1 heterocycles. The summed E-state index contributed by atoms with van der Waals surface area (Å²) in [6.07, 6.45) is 0. The molecular weight excluding hydrogens is 693 g/mol. The SMILES string of the molecule is [C-]#[N+]c1ccc2c(c1)-c1ccc(-c3ccc(-c4nc(-c5ccccc5)nc(-c5ccc(-c6ccccc6)cc5)n4)cc3)cc1C2(c1ccccc1)c1ccccc1. The Labute approximate surface area is 332 Å². The van der Waals surface area contributed by atoms with Crippen molar-refractivity contribution >= 4 is 5.69 Å². The van der Waals surface area contributed by atoms with Crippen LogP contribution in [0.4, 0.5) is 5.69 Å². The van der Waals surface area contributed by atoms with Crippen LogP contribution in [0.1, 0.15) is 22.3 Å². The van der Waals surface area contributed by atoms with Crippen LogP contribution in [0.2, 0.25) is 0 Å². The van der Waals surface area contributed by atoms with E-state index < -0.39 is 5.41 Å². The van der Waals surface area contributed by atoms with Crippen LogP contribution >= 0.6 is 0 Å². The summed E-state index contributed by atoms with van der Waals surface area (Å²) < 4.78 is 0. The molecule has 0 bridgehead atoms. The zero-order chi connectivity index (χ0) is 38.2. The summed E-state index contributed by atoms with van der Waals surface area (Å²) in [5, 5.41) is 0. The monoisotopic (exact) mass is 726 g/mol. The molecule has 9 aromatic rings. The van der Waals surface area contributed by atoms with Crippen LogP contribution < -0.4 is 0 Å². The van der Waals surface area contributed by atoms with Crippen molar-refractivity contribution in [1.29, 1.82) is 0 Å². The lowest BCUT2D eigenvalue weighted by Gasteiger charge is -2.34. The van der Waals surface area contributed by atoms with E-state index in [1.54, 1.807) is 0 Å². The molecule has 0 atom stereocenters. The minimum Gasteiger partial charge on any atom is -0.238 e. The van der Waals surface area contributed by atoms with Gasteiger partial charge in [0.1, 0.15) is 0 Å². The van der Waals surface area contributed by atoms with Crippen LogP contribution in [0, 0.1) is 6.57 Å². The average Bonchev–Trinajstić information content (AvgIpc) is 3.60. The van der Waals surface area contributed by atoms with Gasteiger partial charge in [-0.05, 0) is 67.8 Å². The van der Waals surface area contributed by atoms with Crippen molar-refractivity contribution in [3.05, 3.63) is 240 Å². The van der Waals surface area contributed by atoms with E-state index in [0.717, 1.165) is 44.5 Å². The molecule has 0 amide bonds. The van der Waals surface area contributed by atoms with Gasteiger partial charge in [0.25, 0.3) is 0 Å². The summed E-state index contributed by atoms with van der Waals surface area (Å²) in [6, 6.07) is 71.8. The highest BCUT2D eigenvalue weighted by Gasteiger charge is 2.46. The van der Waals surface area contributed by atoms with Gasteiger partial charge in [0, 0.05) is 16.7 Å². The van der Waals surface area contributed by atoms with Crippen molar-refractivity contribution in [3.63, 3.8) is 0 Å². The first-order valence-corrected chi connectivity index (χ1v) is 19.1. The van der Waals surface area contributed by atoms with Gasteiger partial charge in [0.05, 0.1) is 12.0 Å². The quantitative estimate of drug-likeness (QED) is 0.154. The number of aromatic nitrogens is 3. The predicted octanol–water partition coefficient (Wildman–Crippen LogP) is 13.1. The molecule has 0 saturated heterocycles. The van der Waals surface area contributed by atoms with Gasteiger partial charge in [-0.25, -0.2) is 19.8 Å². The number of fused-ring (bicyclic) bond motifs is 3. The molecule has 1 aliphatic rings. The predicted molar refractivity (Wildman–Crippen MR) is 231 cm³/mol. The van der Waals surface area contributed by atoms with E-state index in [1.807, 2.05) is 48.5 Å². The van der Waals surface area contributed by atoms with Gasteiger partial charge in [-0.1, -0.05) is 194 Å². The third-order valence-corrected chi connectivity index (χ3v) is 11.1. The normalized spacial score (nSPS) is 12.3. The maximum atomic E-state index is 7.80.